The third-order valence-corrected chi connectivity index (χ3v) is 5.88. The van der Waals surface area contributed by atoms with Crippen LogP contribution in [0, 0.1) is 5.92 Å². The first-order valence-corrected chi connectivity index (χ1v) is 10.8. The summed E-state index contributed by atoms with van der Waals surface area (Å²) in [5, 5.41) is 0. The predicted octanol–water partition coefficient (Wildman–Crippen LogP) is 5.18. The number of aromatic nitrogens is 2. The minimum absolute atomic E-state index is 0.260. The Bertz CT molecular complexity index is 1070. The fourth-order valence-electron chi connectivity index (χ4n) is 3.52. The SMILES string of the molecule is C/C(N)=C/C=C(\N)c1ccc(C(C)(c2ccc(OCc3ccccn3)cn2)C(C)C)cc1. The van der Waals surface area contributed by atoms with Crippen molar-refractivity contribution in [3.8, 4) is 5.75 Å². The van der Waals surface area contributed by atoms with Crippen LogP contribution in [0.15, 0.2) is 84.8 Å². The number of nitrogens with zero attached hydrogens (tertiary/aromatic N) is 2. The minimum Gasteiger partial charge on any atom is -0.486 e. The van der Waals surface area contributed by atoms with Crippen molar-refractivity contribution in [2.45, 2.75) is 39.7 Å². The Kier molecular flexibility index (Phi) is 7.31. The molecule has 0 bridgehead atoms. The Morgan fingerprint density at radius 2 is 1.75 bits per heavy atom. The van der Waals surface area contributed by atoms with Crippen molar-refractivity contribution < 1.29 is 4.74 Å². The van der Waals surface area contributed by atoms with Crippen LogP contribution in [0.4, 0.5) is 0 Å². The van der Waals surface area contributed by atoms with Gasteiger partial charge in [-0.25, -0.2) is 0 Å². The van der Waals surface area contributed by atoms with Gasteiger partial charge >= 0.3 is 0 Å². The van der Waals surface area contributed by atoms with Gasteiger partial charge in [0.05, 0.1) is 17.6 Å². The van der Waals surface area contributed by atoms with Gasteiger partial charge in [-0.05, 0) is 67.3 Å². The van der Waals surface area contributed by atoms with Gasteiger partial charge in [0.25, 0.3) is 0 Å². The van der Waals surface area contributed by atoms with E-state index in [9.17, 15) is 0 Å². The molecule has 5 heteroatoms. The quantitative estimate of drug-likeness (QED) is 0.483. The zero-order valence-electron chi connectivity index (χ0n) is 19.2. The van der Waals surface area contributed by atoms with Crippen LogP contribution >= 0.6 is 0 Å². The van der Waals surface area contributed by atoms with E-state index < -0.39 is 0 Å². The summed E-state index contributed by atoms with van der Waals surface area (Å²) in [6, 6.07) is 18.2. The van der Waals surface area contributed by atoms with Crippen LogP contribution in [0.2, 0.25) is 0 Å². The molecule has 4 N–H and O–H groups in total. The number of rotatable bonds is 8. The summed E-state index contributed by atoms with van der Waals surface area (Å²) in [4.78, 5) is 9.05. The number of nitrogens with two attached hydrogens (primary N) is 2. The molecule has 0 fully saturated rings. The molecule has 0 aliphatic rings. The molecule has 0 spiro atoms. The first-order valence-electron chi connectivity index (χ1n) is 10.8. The van der Waals surface area contributed by atoms with E-state index in [0.717, 1.165) is 28.4 Å². The van der Waals surface area contributed by atoms with Crippen LogP contribution in [-0.2, 0) is 12.0 Å². The van der Waals surface area contributed by atoms with Crippen LogP contribution in [0.5, 0.6) is 5.75 Å². The van der Waals surface area contributed by atoms with Gasteiger partial charge in [-0.15, -0.1) is 0 Å². The summed E-state index contributed by atoms with van der Waals surface area (Å²) in [5.74, 6) is 1.05. The lowest BCUT2D eigenvalue weighted by Gasteiger charge is -2.34. The van der Waals surface area contributed by atoms with Gasteiger partial charge in [-0.1, -0.05) is 44.2 Å². The van der Waals surface area contributed by atoms with Gasteiger partial charge in [0.15, 0.2) is 0 Å². The zero-order chi connectivity index (χ0) is 23.1. The van der Waals surface area contributed by atoms with Crippen LogP contribution in [-0.4, -0.2) is 9.97 Å². The fourth-order valence-corrected chi connectivity index (χ4v) is 3.52. The molecule has 0 amide bonds. The summed E-state index contributed by atoms with van der Waals surface area (Å²) in [6.45, 7) is 8.90. The molecule has 0 saturated carbocycles. The number of ether oxygens (including phenoxy) is 1. The molecule has 2 aromatic heterocycles. The highest BCUT2D eigenvalue weighted by molar-refractivity contribution is 5.64. The summed E-state index contributed by atoms with van der Waals surface area (Å²) in [5.41, 5.74) is 17.1. The predicted molar refractivity (Wildman–Crippen MR) is 131 cm³/mol. The third-order valence-electron chi connectivity index (χ3n) is 5.88. The maximum Gasteiger partial charge on any atom is 0.138 e. The first-order chi connectivity index (χ1) is 15.3. The van der Waals surface area contributed by atoms with E-state index in [2.05, 4.69) is 37.9 Å². The molecule has 1 aromatic carbocycles. The Balaban J connectivity index is 1.81. The Morgan fingerprint density at radius 1 is 1.00 bits per heavy atom. The highest BCUT2D eigenvalue weighted by Gasteiger charge is 2.34. The van der Waals surface area contributed by atoms with E-state index in [4.69, 9.17) is 21.2 Å². The Labute approximate surface area is 190 Å². The van der Waals surface area contributed by atoms with Crippen LogP contribution < -0.4 is 16.2 Å². The molecule has 0 aliphatic heterocycles. The van der Waals surface area contributed by atoms with E-state index in [1.807, 2.05) is 61.5 Å². The van der Waals surface area contributed by atoms with E-state index in [0.29, 0.717) is 18.2 Å². The van der Waals surface area contributed by atoms with Crippen molar-refractivity contribution in [1.29, 1.82) is 0 Å². The third kappa shape index (κ3) is 5.35. The fraction of sp³-hybridized carbons (Fsp3) is 0.259. The summed E-state index contributed by atoms with van der Waals surface area (Å²) in [6.07, 6.45) is 7.19. The normalized spacial score (nSPS) is 14.3. The molecule has 0 aliphatic carbocycles. The van der Waals surface area contributed by atoms with Crippen molar-refractivity contribution in [3.05, 3.63) is 107 Å². The molecule has 32 heavy (non-hydrogen) atoms. The summed E-state index contributed by atoms with van der Waals surface area (Å²) < 4.78 is 5.85. The first kappa shape index (κ1) is 23.1. The van der Waals surface area contributed by atoms with Crippen LogP contribution in [0.25, 0.3) is 5.70 Å². The largest absolute Gasteiger partial charge is 0.486 e. The standard InChI is InChI=1S/C27H32N4O/c1-19(2)27(4,22-11-9-21(10-12-22)25(29)14-8-20(3)28)26-15-13-24(17-31-26)32-18-23-7-5-6-16-30-23/h5-17,19H,18,28-29H2,1-4H3/b20-8-,25-14-. The second-order valence-corrected chi connectivity index (χ2v) is 8.46. The molecular formula is C27H32N4O. The average molecular weight is 429 g/mol. The Morgan fingerprint density at radius 3 is 2.31 bits per heavy atom. The number of hydrogen-bond acceptors (Lipinski definition) is 5. The lowest BCUT2D eigenvalue weighted by molar-refractivity contribution is 0.299. The monoisotopic (exact) mass is 428 g/mol. The molecular weight excluding hydrogens is 396 g/mol. The smallest absolute Gasteiger partial charge is 0.138 e. The summed E-state index contributed by atoms with van der Waals surface area (Å²) in [7, 11) is 0. The highest BCUT2D eigenvalue weighted by atomic mass is 16.5. The number of allylic oxidation sites excluding steroid dienone is 3. The van der Waals surface area contributed by atoms with Crippen molar-refractivity contribution >= 4 is 5.70 Å². The molecule has 3 aromatic rings. The van der Waals surface area contributed by atoms with E-state index in [-0.39, 0.29) is 5.41 Å². The summed E-state index contributed by atoms with van der Waals surface area (Å²) >= 11 is 0. The van der Waals surface area contributed by atoms with Crippen molar-refractivity contribution in [2.24, 2.45) is 17.4 Å². The van der Waals surface area contributed by atoms with Crippen molar-refractivity contribution in [3.63, 3.8) is 0 Å². The van der Waals surface area contributed by atoms with Crippen molar-refractivity contribution in [1.82, 2.24) is 9.97 Å². The van der Waals surface area contributed by atoms with E-state index in [1.165, 1.54) is 5.56 Å². The molecule has 1 atom stereocenters. The highest BCUT2D eigenvalue weighted by Crippen LogP contribution is 2.38. The number of benzene rings is 1. The lowest BCUT2D eigenvalue weighted by Crippen LogP contribution is -2.31. The minimum atomic E-state index is -0.260. The lowest BCUT2D eigenvalue weighted by atomic mass is 9.70. The molecule has 3 rings (SSSR count). The zero-order valence-corrected chi connectivity index (χ0v) is 19.2. The van der Waals surface area contributed by atoms with Gasteiger partial charge < -0.3 is 16.2 Å². The molecule has 0 radical (unpaired) electrons. The van der Waals surface area contributed by atoms with Gasteiger partial charge in [0.1, 0.15) is 12.4 Å². The molecule has 1 unspecified atom stereocenters. The van der Waals surface area contributed by atoms with Gasteiger partial charge in [0.2, 0.25) is 0 Å². The second kappa shape index (κ2) is 10.1. The number of hydrogen-bond donors (Lipinski definition) is 2. The maximum absolute atomic E-state index is 6.19. The van der Waals surface area contributed by atoms with Gasteiger partial charge in [-0.2, -0.15) is 0 Å². The van der Waals surface area contributed by atoms with E-state index in [1.54, 1.807) is 12.4 Å². The topological polar surface area (TPSA) is 87.0 Å². The van der Waals surface area contributed by atoms with Crippen LogP contribution in [0.1, 0.15) is 50.2 Å². The van der Waals surface area contributed by atoms with Crippen LogP contribution in [0.3, 0.4) is 0 Å². The molecule has 2 heterocycles. The Hall–Kier alpha value is -3.60. The molecule has 5 nitrogen and oxygen atoms in total. The van der Waals surface area contributed by atoms with Crippen molar-refractivity contribution in [2.75, 3.05) is 0 Å². The average Bonchev–Trinajstić information content (AvgIpc) is 2.81. The number of pyridine rings is 2. The molecule has 0 saturated heterocycles. The molecule has 166 valence electrons. The van der Waals surface area contributed by atoms with Gasteiger partial charge in [0, 0.05) is 23.0 Å². The van der Waals surface area contributed by atoms with E-state index >= 15 is 0 Å². The maximum atomic E-state index is 6.19. The second-order valence-electron chi connectivity index (χ2n) is 8.46. The van der Waals surface area contributed by atoms with Gasteiger partial charge in [-0.3, -0.25) is 9.97 Å².